The van der Waals surface area contributed by atoms with Gasteiger partial charge in [0.05, 0.1) is 6.04 Å². The smallest absolute Gasteiger partial charge is 0.0664 e. The van der Waals surface area contributed by atoms with Crippen molar-refractivity contribution in [3.63, 3.8) is 0 Å². The predicted molar refractivity (Wildman–Crippen MR) is 218 cm³/mol. The molecule has 0 saturated carbocycles. The van der Waals surface area contributed by atoms with Crippen LogP contribution in [0.25, 0.3) is 33.9 Å². The number of nitrogens with one attached hydrogen (secondary N) is 2. The Balaban J connectivity index is 1.10. The van der Waals surface area contributed by atoms with Crippen molar-refractivity contribution in [3.05, 3.63) is 180 Å². The average Bonchev–Trinajstić information content (AvgIpc) is 3.16. The lowest BCUT2D eigenvalue weighted by Gasteiger charge is -2.35. The summed E-state index contributed by atoms with van der Waals surface area (Å²) in [6.07, 6.45) is 17.3. The van der Waals surface area contributed by atoms with Crippen LogP contribution >= 0.6 is 0 Å². The van der Waals surface area contributed by atoms with Crippen LogP contribution in [0.15, 0.2) is 163 Å². The zero-order chi connectivity index (χ0) is 35.0. The van der Waals surface area contributed by atoms with Crippen LogP contribution in [0, 0.1) is 5.92 Å². The fourth-order valence-corrected chi connectivity index (χ4v) is 7.91. The summed E-state index contributed by atoms with van der Waals surface area (Å²) in [7, 11) is 0. The van der Waals surface area contributed by atoms with E-state index in [0.29, 0.717) is 5.92 Å². The Kier molecular flexibility index (Phi) is 8.45. The highest BCUT2D eigenvalue weighted by molar-refractivity contribution is 5.87. The minimum Gasteiger partial charge on any atom is -0.398 e. The van der Waals surface area contributed by atoms with Gasteiger partial charge >= 0.3 is 0 Å². The number of fused-ring (bicyclic) bond motifs is 1. The van der Waals surface area contributed by atoms with Crippen molar-refractivity contribution in [2.24, 2.45) is 11.7 Å². The Morgan fingerprint density at radius 1 is 0.765 bits per heavy atom. The van der Waals surface area contributed by atoms with Gasteiger partial charge in [-0.1, -0.05) is 123 Å². The van der Waals surface area contributed by atoms with Crippen molar-refractivity contribution in [3.8, 4) is 22.3 Å². The number of nitrogens with two attached hydrogens (primary N) is 2. The lowest BCUT2D eigenvalue weighted by atomic mass is 9.72. The van der Waals surface area contributed by atoms with E-state index in [1.807, 2.05) is 12.1 Å². The van der Waals surface area contributed by atoms with Crippen LogP contribution in [-0.4, -0.2) is 6.04 Å². The SMILES string of the molecule is CC1CC=CC(N)=C1c1cccc(-c2ccc(Nc3ccc(N)c(C4(C)C=CC=C(C5C=Cc6ccccc6N5)C4)c3)c(-c3ccccc3)c2)c1. The molecule has 3 unspecified atom stereocenters. The molecule has 0 aromatic heterocycles. The van der Waals surface area contributed by atoms with Crippen LogP contribution < -0.4 is 22.1 Å². The number of hydrogen-bond donors (Lipinski definition) is 4. The highest BCUT2D eigenvalue weighted by atomic mass is 14.9. The first kappa shape index (κ1) is 32.2. The van der Waals surface area contributed by atoms with Crippen molar-refractivity contribution in [1.29, 1.82) is 0 Å². The van der Waals surface area contributed by atoms with Crippen LogP contribution in [0.1, 0.15) is 43.4 Å². The zero-order valence-electron chi connectivity index (χ0n) is 29.2. The molecule has 5 aromatic rings. The van der Waals surface area contributed by atoms with E-state index in [0.717, 1.165) is 57.9 Å². The van der Waals surface area contributed by atoms with Crippen molar-refractivity contribution in [2.45, 2.75) is 38.1 Å². The molecule has 0 radical (unpaired) electrons. The maximum atomic E-state index is 6.75. The minimum absolute atomic E-state index is 0.135. The molecule has 0 saturated heterocycles. The highest BCUT2D eigenvalue weighted by Crippen LogP contribution is 2.43. The summed E-state index contributed by atoms with van der Waals surface area (Å²) >= 11 is 0. The van der Waals surface area contributed by atoms with Crippen molar-refractivity contribution >= 4 is 34.4 Å². The summed E-state index contributed by atoms with van der Waals surface area (Å²) in [5.41, 5.74) is 28.5. The molecule has 2 aliphatic carbocycles. The molecule has 4 nitrogen and oxygen atoms in total. The van der Waals surface area contributed by atoms with Crippen molar-refractivity contribution in [2.75, 3.05) is 16.4 Å². The molecule has 0 bridgehead atoms. The van der Waals surface area contributed by atoms with Gasteiger partial charge in [0.1, 0.15) is 0 Å². The number of allylic oxidation sites excluding steroid dienone is 6. The summed E-state index contributed by atoms with van der Waals surface area (Å²) in [6, 6.07) is 41.0. The maximum Gasteiger partial charge on any atom is 0.0664 e. The number of rotatable bonds is 7. The van der Waals surface area contributed by atoms with Gasteiger partial charge in [-0.05, 0) is 112 Å². The largest absolute Gasteiger partial charge is 0.398 e. The molecule has 8 rings (SSSR count). The van der Waals surface area contributed by atoms with Crippen molar-refractivity contribution < 1.29 is 0 Å². The summed E-state index contributed by atoms with van der Waals surface area (Å²) in [4.78, 5) is 0. The molecule has 1 heterocycles. The standard InChI is InChI=1S/C47H44N4/c1-31-11-8-18-42(49)46(31)36-16-9-15-34(27-36)35-21-25-45(39(28-35)32-12-4-3-5-13-32)50-38-22-23-41(48)40(29-38)47(2)26-10-17-37(30-47)44-24-20-33-14-6-7-19-43(33)51-44/h3-10,12-29,31,44,50-51H,11,30,48-49H2,1-2H3. The Labute approximate surface area is 301 Å². The second kappa shape index (κ2) is 13.4. The maximum absolute atomic E-state index is 6.75. The summed E-state index contributed by atoms with van der Waals surface area (Å²) in [5, 5.41) is 7.52. The predicted octanol–water partition coefficient (Wildman–Crippen LogP) is 11.3. The number of nitrogen functional groups attached to an aromatic ring is 1. The Hall–Kier alpha value is -6.00. The summed E-state index contributed by atoms with van der Waals surface area (Å²) in [5.74, 6) is 0.383. The van der Waals surface area contributed by atoms with E-state index in [-0.39, 0.29) is 11.5 Å². The van der Waals surface area contributed by atoms with Crippen LogP contribution in [0.4, 0.5) is 22.7 Å². The average molecular weight is 665 g/mol. The molecule has 0 spiro atoms. The van der Waals surface area contributed by atoms with Gasteiger partial charge in [0.15, 0.2) is 0 Å². The minimum atomic E-state index is -0.264. The molecule has 51 heavy (non-hydrogen) atoms. The van der Waals surface area contributed by atoms with Gasteiger partial charge in [0.2, 0.25) is 0 Å². The molecule has 6 N–H and O–H groups in total. The molecule has 1 aliphatic heterocycles. The molecule has 0 fully saturated rings. The third-order valence-electron chi connectivity index (χ3n) is 10.6. The summed E-state index contributed by atoms with van der Waals surface area (Å²) < 4.78 is 0. The van der Waals surface area contributed by atoms with Crippen molar-refractivity contribution in [1.82, 2.24) is 0 Å². The van der Waals surface area contributed by atoms with Crippen LogP contribution in [0.2, 0.25) is 0 Å². The molecule has 4 heteroatoms. The van der Waals surface area contributed by atoms with Crippen LogP contribution in [0.3, 0.4) is 0 Å². The lowest BCUT2D eigenvalue weighted by molar-refractivity contribution is 0.571. The quantitative estimate of drug-likeness (QED) is 0.131. The molecule has 0 amide bonds. The first-order valence-corrected chi connectivity index (χ1v) is 17.9. The number of para-hydroxylation sites is 1. The van der Waals surface area contributed by atoms with Gasteiger partial charge < -0.3 is 22.1 Å². The lowest BCUT2D eigenvalue weighted by Crippen LogP contribution is -2.30. The van der Waals surface area contributed by atoms with Gasteiger partial charge in [-0.2, -0.15) is 0 Å². The Morgan fingerprint density at radius 3 is 2.41 bits per heavy atom. The van der Waals surface area contributed by atoms with Gasteiger partial charge in [0.25, 0.3) is 0 Å². The molecule has 252 valence electrons. The third kappa shape index (κ3) is 6.41. The van der Waals surface area contributed by atoms with E-state index in [4.69, 9.17) is 11.5 Å². The zero-order valence-corrected chi connectivity index (χ0v) is 29.2. The third-order valence-corrected chi connectivity index (χ3v) is 10.6. The van der Waals surface area contributed by atoms with E-state index in [2.05, 4.69) is 170 Å². The topological polar surface area (TPSA) is 76.1 Å². The Morgan fingerprint density at radius 2 is 1.55 bits per heavy atom. The Bertz CT molecular complexity index is 2270. The van der Waals surface area contributed by atoms with Gasteiger partial charge in [0, 0.05) is 39.4 Å². The fourth-order valence-electron chi connectivity index (χ4n) is 7.91. The van der Waals surface area contributed by atoms with Gasteiger partial charge in [-0.3, -0.25) is 0 Å². The first-order valence-electron chi connectivity index (χ1n) is 17.9. The van der Waals surface area contributed by atoms with E-state index in [1.54, 1.807) is 0 Å². The second-order valence-electron chi connectivity index (χ2n) is 14.3. The van der Waals surface area contributed by atoms with Crippen LogP contribution in [-0.2, 0) is 5.41 Å². The molecule has 3 aliphatic rings. The fraction of sp³-hybridized carbons (Fsp3) is 0.149. The monoisotopic (exact) mass is 664 g/mol. The second-order valence-corrected chi connectivity index (χ2v) is 14.3. The molecule has 5 aromatic carbocycles. The summed E-state index contributed by atoms with van der Waals surface area (Å²) in [6.45, 7) is 4.54. The normalized spacial score (nSPS) is 20.8. The van der Waals surface area contributed by atoms with Gasteiger partial charge in [-0.25, -0.2) is 0 Å². The van der Waals surface area contributed by atoms with Gasteiger partial charge in [-0.15, -0.1) is 0 Å². The number of benzene rings is 5. The van der Waals surface area contributed by atoms with Crippen LogP contribution in [0.5, 0.6) is 0 Å². The van der Waals surface area contributed by atoms with E-state index >= 15 is 0 Å². The number of anilines is 4. The number of hydrogen-bond acceptors (Lipinski definition) is 4. The molecular formula is C47H44N4. The molecular weight excluding hydrogens is 621 g/mol. The van der Waals surface area contributed by atoms with E-state index < -0.39 is 0 Å². The first-order chi connectivity index (χ1) is 24.8. The van der Waals surface area contributed by atoms with E-state index in [9.17, 15) is 0 Å². The molecule has 3 atom stereocenters. The van der Waals surface area contributed by atoms with E-state index in [1.165, 1.54) is 33.5 Å². The highest BCUT2D eigenvalue weighted by Gasteiger charge is 2.32.